The molecule has 2 aromatic carbocycles. The number of hydrogen-bond donors (Lipinski definition) is 1. The van der Waals surface area contributed by atoms with Gasteiger partial charge in [0.05, 0.1) is 24.4 Å². The first-order chi connectivity index (χ1) is 13.8. The summed E-state index contributed by atoms with van der Waals surface area (Å²) in [7, 11) is -3.51. The van der Waals surface area contributed by atoms with E-state index in [9.17, 15) is 18.3 Å². The lowest BCUT2D eigenvalue weighted by Crippen LogP contribution is -2.85. The first kappa shape index (κ1) is 20.1. The average Bonchev–Trinajstić information content (AvgIpc) is 2.66. The molecule has 4 rings (SSSR count). The van der Waals surface area contributed by atoms with E-state index in [1.807, 2.05) is 54.6 Å². The average molecular weight is 415 g/mol. The summed E-state index contributed by atoms with van der Waals surface area (Å²) in [5, 5.41) is 9.97. The number of aliphatic hydroxyl groups is 1. The highest BCUT2D eigenvalue weighted by Crippen LogP contribution is 2.55. The summed E-state index contributed by atoms with van der Waals surface area (Å²) in [6, 6.07) is 17.6. The molecule has 1 amide bonds. The maximum atomic E-state index is 12.5. The SMILES string of the molecule is CCC(=O)N1CC2(C1)[C@H](c1ccc(-c3ccccc3)cc1)[C@@H](CO)N2S(C)(=O)=O. The largest absolute Gasteiger partial charge is 0.395 e. The Morgan fingerprint density at radius 1 is 1.07 bits per heavy atom. The third kappa shape index (κ3) is 3.17. The van der Waals surface area contributed by atoms with E-state index < -0.39 is 21.6 Å². The Morgan fingerprint density at radius 2 is 1.66 bits per heavy atom. The van der Waals surface area contributed by atoms with Crippen molar-refractivity contribution in [1.29, 1.82) is 0 Å². The number of carbonyl (C=O) groups is 1. The molecule has 1 spiro atoms. The van der Waals surface area contributed by atoms with Gasteiger partial charge in [-0.3, -0.25) is 4.79 Å². The number of hydrogen-bond acceptors (Lipinski definition) is 4. The summed E-state index contributed by atoms with van der Waals surface area (Å²) >= 11 is 0. The van der Waals surface area contributed by atoms with E-state index in [1.165, 1.54) is 10.6 Å². The second-order valence-corrected chi connectivity index (χ2v) is 9.84. The molecule has 0 bridgehead atoms. The van der Waals surface area contributed by atoms with E-state index in [4.69, 9.17) is 0 Å². The van der Waals surface area contributed by atoms with Gasteiger partial charge in [0.25, 0.3) is 0 Å². The molecule has 2 aliphatic rings. The fourth-order valence-corrected chi connectivity index (χ4v) is 6.60. The van der Waals surface area contributed by atoms with Crippen LogP contribution >= 0.6 is 0 Å². The smallest absolute Gasteiger partial charge is 0.222 e. The van der Waals surface area contributed by atoms with E-state index in [1.54, 1.807) is 11.8 Å². The normalized spacial score (nSPS) is 23.5. The zero-order valence-corrected chi connectivity index (χ0v) is 17.5. The topological polar surface area (TPSA) is 77.9 Å². The second kappa shape index (κ2) is 7.23. The van der Waals surface area contributed by atoms with Crippen LogP contribution < -0.4 is 0 Å². The Bertz CT molecular complexity index is 999. The van der Waals surface area contributed by atoms with Gasteiger partial charge in [-0.15, -0.1) is 0 Å². The van der Waals surface area contributed by atoms with Crippen LogP contribution in [0.2, 0.25) is 0 Å². The van der Waals surface area contributed by atoms with Crippen molar-refractivity contribution >= 4 is 15.9 Å². The molecule has 2 atom stereocenters. The molecule has 154 valence electrons. The van der Waals surface area contributed by atoms with Crippen LogP contribution in [0.1, 0.15) is 24.8 Å². The fourth-order valence-electron chi connectivity index (χ4n) is 5.03. The minimum absolute atomic E-state index is 0.0229. The van der Waals surface area contributed by atoms with E-state index >= 15 is 0 Å². The van der Waals surface area contributed by atoms with Crippen LogP contribution in [0.25, 0.3) is 11.1 Å². The molecular weight excluding hydrogens is 388 g/mol. The molecule has 7 heteroatoms. The zero-order valence-electron chi connectivity index (χ0n) is 16.7. The Hall–Kier alpha value is -2.22. The van der Waals surface area contributed by atoms with Gasteiger partial charge in [-0.05, 0) is 16.7 Å². The quantitative estimate of drug-likeness (QED) is 0.813. The zero-order chi connectivity index (χ0) is 20.8. The van der Waals surface area contributed by atoms with Gasteiger partial charge in [-0.2, -0.15) is 4.31 Å². The second-order valence-electron chi connectivity index (χ2n) is 7.98. The highest BCUT2D eigenvalue weighted by Gasteiger charge is 2.69. The van der Waals surface area contributed by atoms with Gasteiger partial charge in [0.2, 0.25) is 15.9 Å². The van der Waals surface area contributed by atoms with Crippen molar-refractivity contribution in [2.45, 2.75) is 30.8 Å². The molecule has 2 aliphatic heterocycles. The van der Waals surface area contributed by atoms with Crippen LogP contribution in [-0.2, 0) is 14.8 Å². The molecule has 2 heterocycles. The van der Waals surface area contributed by atoms with Crippen molar-refractivity contribution in [3.05, 3.63) is 60.2 Å². The van der Waals surface area contributed by atoms with Gasteiger partial charge in [0.1, 0.15) is 0 Å². The molecule has 0 saturated carbocycles. The van der Waals surface area contributed by atoms with Crippen LogP contribution in [-0.4, -0.2) is 66.2 Å². The van der Waals surface area contributed by atoms with E-state index in [2.05, 4.69) is 0 Å². The van der Waals surface area contributed by atoms with Gasteiger partial charge < -0.3 is 10.0 Å². The highest BCUT2D eigenvalue weighted by atomic mass is 32.2. The number of nitrogens with zero attached hydrogens (tertiary/aromatic N) is 2. The first-order valence-electron chi connectivity index (χ1n) is 9.85. The summed E-state index contributed by atoms with van der Waals surface area (Å²) in [5.74, 6) is -0.123. The van der Waals surface area contributed by atoms with Crippen molar-refractivity contribution < 1.29 is 18.3 Å². The van der Waals surface area contributed by atoms with Crippen molar-refractivity contribution in [1.82, 2.24) is 9.21 Å². The monoisotopic (exact) mass is 414 g/mol. The fraction of sp³-hybridized carbons (Fsp3) is 0.409. The minimum Gasteiger partial charge on any atom is -0.395 e. The lowest BCUT2D eigenvalue weighted by Gasteiger charge is -2.69. The third-order valence-corrected chi connectivity index (χ3v) is 7.56. The van der Waals surface area contributed by atoms with Gasteiger partial charge in [0, 0.05) is 25.4 Å². The molecule has 0 radical (unpaired) electrons. The van der Waals surface area contributed by atoms with Gasteiger partial charge >= 0.3 is 0 Å². The number of rotatable bonds is 5. The maximum Gasteiger partial charge on any atom is 0.222 e. The first-order valence-corrected chi connectivity index (χ1v) is 11.7. The predicted octanol–water partition coefficient (Wildman–Crippen LogP) is 2.06. The van der Waals surface area contributed by atoms with E-state index in [0.717, 1.165) is 16.7 Å². The summed E-state index contributed by atoms with van der Waals surface area (Å²) < 4.78 is 26.4. The Kier molecular flexibility index (Phi) is 5.01. The Balaban J connectivity index is 1.67. The molecular formula is C22H26N2O4S. The number of likely N-dealkylation sites (tertiary alicyclic amines) is 1. The standard InChI is InChI=1S/C22H26N2O4S/c1-3-20(26)23-14-22(15-23)21(19(13-25)24(22)29(2,27)28)18-11-9-17(10-12-18)16-7-5-4-6-8-16/h4-12,19,21,25H,3,13-15H2,1-2H3/t19-,21-/m1/s1. The lowest BCUT2D eigenvalue weighted by atomic mass is 9.62. The van der Waals surface area contributed by atoms with Crippen molar-refractivity contribution in [3.8, 4) is 11.1 Å². The third-order valence-electron chi connectivity index (χ3n) is 6.21. The molecule has 0 aliphatic carbocycles. The molecule has 2 saturated heterocycles. The number of aliphatic hydroxyl groups excluding tert-OH is 1. The van der Waals surface area contributed by atoms with Crippen molar-refractivity contribution in [3.63, 3.8) is 0 Å². The van der Waals surface area contributed by atoms with E-state index in [-0.39, 0.29) is 18.4 Å². The van der Waals surface area contributed by atoms with Crippen molar-refractivity contribution in [2.75, 3.05) is 26.0 Å². The van der Waals surface area contributed by atoms with Crippen LogP contribution in [0.15, 0.2) is 54.6 Å². The summed E-state index contributed by atoms with van der Waals surface area (Å²) in [5.41, 5.74) is 2.52. The number of sulfonamides is 1. The molecule has 0 unspecified atom stereocenters. The maximum absolute atomic E-state index is 12.5. The predicted molar refractivity (Wildman–Crippen MR) is 112 cm³/mol. The number of benzene rings is 2. The molecule has 6 nitrogen and oxygen atoms in total. The Labute approximate surface area is 171 Å². The van der Waals surface area contributed by atoms with Crippen LogP contribution in [0.3, 0.4) is 0 Å². The van der Waals surface area contributed by atoms with E-state index in [0.29, 0.717) is 19.5 Å². The molecule has 0 aromatic heterocycles. The summed E-state index contributed by atoms with van der Waals surface area (Å²) in [6.45, 7) is 2.29. The summed E-state index contributed by atoms with van der Waals surface area (Å²) in [4.78, 5) is 13.8. The van der Waals surface area contributed by atoms with Crippen LogP contribution in [0, 0.1) is 0 Å². The molecule has 29 heavy (non-hydrogen) atoms. The minimum atomic E-state index is -3.51. The van der Waals surface area contributed by atoms with Gasteiger partial charge in [0.15, 0.2) is 0 Å². The molecule has 2 aromatic rings. The van der Waals surface area contributed by atoms with Crippen LogP contribution in [0.4, 0.5) is 0 Å². The highest BCUT2D eigenvalue weighted by molar-refractivity contribution is 7.88. The molecule has 1 N–H and O–H groups in total. The lowest BCUT2D eigenvalue weighted by molar-refractivity contribution is -0.167. The number of carbonyl (C=O) groups excluding carboxylic acids is 1. The van der Waals surface area contributed by atoms with Crippen molar-refractivity contribution in [2.24, 2.45) is 0 Å². The van der Waals surface area contributed by atoms with Crippen LogP contribution in [0.5, 0.6) is 0 Å². The van der Waals surface area contributed by atoms with Gasteiger partial charge in [-0.1, -0.05) is 61.5 Å². The summed E-state index contributed by atoms with van der Waals surface area (Å²) in [6.07, 6.45) is 1.57. The number of amides is 1. The molecule has 2 fully saturated rings. The Morgan fingerprint density at radius 3 is 2.17 bits per heavy atom. The van der Waals surface area contributed by atoms with Gasteiger partial charge in [-0.25, -0.2) is 8.42 Å².